The summed E-state index contributed by atoms with van der Waals surface area (Å²) < 4.78 is 11.2. The predicted octanol–water partition coefficient (Wildman–Crippen LogP) is 4.98. The van der Waals surface area contributed by atoms with E-state index in [9.17, 15) is 9.59 Å². The Morgan fingerprint density at radius 2 is 1.75 bits per heavy atom. The molecule has 0 saturated carbocycles. The molecule has 0 radical (unpaired) electrons. The number of benzene rings is 3. The lowest BCUT2D eigenvalue weighted by Crippen LogP contribution is -2.21. The Morgan fingerprint density at radius 1 is 1.03 bits per heavy atom. The van der Waals surface area contributed by atoms with E-state index in [4.69, 9.17) is 26.2 Å². The highest BCUT2D eigenvalue weighted by Crippen LogP contribution is 2.32. The van der Waals surface area contributed by atoms with Crippen molar-refractivity contribution in [3.8, 4) is 11.5 Å². The molecule has 0 aromatic heterocycles. The van der Waals surface area contributed by atoms with Gasteiger partial charge in [-0.3, -0.25) is 4.79 Å². The van der Waals surface area contributed by atoms with Crippen molar-refractivity contribution in [3.63, 3.8) is 0 Å². The summed E-state index contributed by atoms with van der Waals surface area (Å²) in [7, 11) is 1.52. The summed E-state index contributed by atoms with van der Waals surface area (Å²) in [5.74, 6) is -0.454. The Hall–Kier alpha value is -3.71. The minimum Gasteiger partial charge on any atom is -0.493 e. The first-order chi connectivity index (χ1) is 15.4. The number of halogens is 1. The Balaban J connectivity index is 1.68. The van der Waals surface area contributed by atoms with Crippen LogP contribution in [-0.2, 0) is 11.3 Å². The van der Waals surface area contributed by atoms with Gasteiger partial charge in [-0.25, -0.2) is 4.79 Å². The molecule has 0 unspecified atom stereocenters. The molecule has 0 bridgehead atoms. The Kier molecular flexibility index (Phi) is 7.57. The zero-order valence-electron chi connectivity index (χ0n) is 17.6. The largest absolute Gasteiger partial charge is 0.493 e. The quantitative estimate of drug-likeness (QED) is 0.421. The highest BCUT2D eigenvalue weighted by Gasteiger charge is 2.14. The highest BCUT2D eigenvalue weighted by atomic mass is 35.5. The second-order valence-corrected chi connectivity index (χ2v) is 7.41. The van der Waals surface area contributed by atoms with Gasteiger partial charge in [0.1, 0.15) is 0 Å². The zero-order valence-corrected chi connectivity index (χ0v) is 18.4. The number of para-hydroxylation sites is 1. The molecule has 166 valence electrons. The molecule has 8 heteroatoms. The first kappa shape index (κ1) is 23.0. The van der Waals surface area contributed by atoms with Crippen LogP contribution in [0.25, 0.3) is 0 Å². The van der Waals surface area contributed by atoms with Gasteiger partial charge in [-0.2, -0.15) is 0 Å². The zero-order chi connectivity index (χ0) is 23.1. The van der Waals surface area contributed by atoms with Crippen molar-refractivity contribution in [1.29, 1.82) is 0 Å². The maximum absolute atomic E-state index is 12.3. The van der Waals surface area contributed by atoms with Gasteiger partial charge in [0.15, 0.2) is 18.1 Å². The Morgan fingerprint density at radius 3 is 2.41 bits per heavy atom. The molecule has 0 spiro atoms. The third-order valence-electron chi connectivity index (χ3n) is 4.65. The van der Waals surface area contributed by atoms with Crippen molar-refractivity contribution in [2.75, 3.05) is 24.4 Å². The van der Waals surface area contributed by atoms with Crippen LogP contribution in [-0.4, -0.2) is 30.7 Å². The molecular weight excluding hydrogens is 432 g/mol. The van der Waals surface area contributed by atoms with Crippen LogP contribution in [0.4, 0.5) is 11.4 Å². The van der Waals surface area contributed by atoms with Gasteiger partial charge >= 0.3 is 5.97 Å². The average molecular weight is 455 g/mol. The first-order valence-electron chi connectivity index (χ1n) is 9.79. The molecule has 3 N–H and O–H groups in total. The molecule has 32 heavy (non-hydrogen) atoms. The van der Waals surface area contributed by atoms with Crippen LogP contribution in [0.2, 0.25) is 5.02 Å². The van der Waals surface area contributed by atoms with Crippen LogP contribution in [0, 0.1) is 6.92 Å². The number of rotatable bonds is 9. The van der Waals surface area contributed by atoms with Crippen molar-refractivity contribution in [3.05, 3.63) is 82.4 Å². The minimum atomic E-state index is -1.09. The minimum absolute atomic E-state index is 0.0298. The molecule has 0 aliphatic heterocycles. The standard InChI is InChI=1S/C24H23ClN2O5/c1-15-6-8-17(9-7-15)27-22(28)14-32-23-16(4-3-5-21(23)31-2)13-26-18-10-11-19(24(29)30)20(25)12-18/h3-12,26H,13-14H2,1-2H3,(H,27,28)(H,29,30). The fraction of sp³-hybridized carbons (Fsp3) is 0.167. The van der Waals surface area contributed by atoms with Crippen molar-refractivity contribution in [2.45, 2.75) is 13.5 Å². The summed E-state index contributed by atoms with van der Waals surface area (Å²) >= 11 is 6.03. The monoisotopic (exact) mass is 454 g/mol. The lowest BCUT2D eigenvalue weighted by atomic mass is 10.1. The normalized spacial score (nSPS) is 10.3. The molecule has 3 aromatic rings. The molecule has 0 aliphatic carbocycles. The van der Waals surface area contributed by atoms with E-state index in [1.165, 1.54) is 13.2 Å². The van der Waals surface area contributed by atoms with Crippen LogP contribution >= 0.6 is 11.6 Å². The van der Waals surface area contributed by atoms with Crippen molar-refractivity contribution < 1.29 is 24.2 Å². The average Bonchev–Trinajstić information content (AvgIpc) is 2.77. The van der Waals surface area contributed by atoms with Gasteiger partial charge in [-0.15, -0.1) is 0 Å². The number of hydrogen-bond acceptors (Lipinski definition) is 5. The number of methoxy groups -OCH3 is 1. The second-order valence-electron chi connectivity index (χ2n) is 7.00. The number of carboxylic acid groups (broad SMARTS) is 1. The van der Waals surface area contributed by atoms with Crippen molar-refractivity contribution in [2.24, 2.45) is 0 Å². The first-order valence-corrected chi connectivity index (χ1v) is 10.2. The smallest absolute Gasteiger partial charge is 0.337 e. The van der Waals surface area contributed by atoms with Gasteiger partial charge in [0.25, 0.3) is 5.91 Å². The second kappa shape index (κ2) is 10.5. The molecule has 0 fully saturated rings. The predicted molar refractivity (Wildman–Crippen MR) is 124 cm³/mol. The van der Waals surface area contributed by atoms with Gasteiger partial charge in [0.2, 0.25) is 0 Å². The molecule has 3 aromatic carbocycles. The van der Waals surface area contributed by atoms with Crippen molar-refractivity contribution >= 4 is 34.9 Å². The van der Waals surface area contributed by atoms with Gasteiger partial charge in [-0.05, 0) is 43.3 Å². The van der Waals surface area contributed by atoms with Crippen LogP contribution in [0.15, 0.2) is 60.7 Å². The maximum atomic E-state index is 12.3. The van der Waals surface area contributed by atoms with E-state index >= 15 is 0 Å². The summed E-state index contributed by atoms with van der Waals surface area (Å²) in [6.45, 7) is 2.12. The van der Waals surface area contributed by atoms with E-state index in [0.29, 0.717) is 29.4 Å². The van der Waals surface area contributed by atoms with E-state index in [2.05, 4.69) is 10.6 Å². The van der Waals surface area contributed by atoms with Crippen molar-refractivity contribution in [1.82, 2.24) is 0 Å². The number of nitrogens with one attached hydrogen (secondary N) is 2. The SMILES string of the molecule is COc1cccc(CNc2ccc(C(=O)O)c(Cl)c2)c1OCC(=O)Nc1ccc(C)cc1. The highest BCUT2D eigenvalue weighted by molar-refractivity contribution is 6.33. The summed E-state index contributed by atoms with van der Waals surface area (Å²) in [5.41, 5.74) is 3.22. The maximum Gasteiger partial charge on any atom is 0.337 e. The molecular formula is C24H23ClN2O5. The summed E-state index contributed by atoms with van der Waals surface area (Å²) in [5, 5.41) is 15.2. The van der Waals surface area contributed by atoms with Gasteiger partial charge in [-0.1, -0.05) is 41.4 Å². The van der Waals surface area contributed by atoms with E-state index in [0.717, 1.165) is 11.1 Å². The van der Waals surface area contributed by atoms with E-state index in [1.54, 1.807) is 18.2 Å². The number of aryl methyl sites for hydroxylation is 1. The lowest BCUT2D eigenvalue weighted by molar-refractivity contribution is -0.118. The summed E-state index contributed by atoms with van der Waals surface area (Å²) in [6, 6.07) is 17.5. The number of carboxylic acids is 1. The lowest BCUT2D eigenvalue weighted by Gasteiger charge is -2.16. The molecule has 0 saturated heterocycles. The fourth-order valence-corrected chi connectivity index (χ4v) is 3.25. The number of aromatic carboxylic acids is 1. The molecule has 7 nitrogen and oxygen atoms in total. The number of hydrogen-bond donors (Lipinski definition) is 3. The summed E-state index contributed by atoms with van der Waals surface area (Å²) in [4.78, 5) is 23.4. The van der Waals surface area contributed by atoms with E-state index < -0.39 is 5.97 Å². The molecule has 0 heterocycles. The Bertz CT molecular complexity index is 1120. The molecule has 0 atom stereocenters. The van der Waals surface area contributed by atoms with Crippen LogP contribution in [0.5, 0.6) is 11.5 Å². The molecule has 1 amide bonds. The molecule has 3 rings (SSSR count). The Labute approximate surface area is 190 Å². The van der Waals surface area contributed by atoms with E-state index in [-0.39, 0.29) is 23.1 Å². The topological polar surface area (TPSA) is 96.9 Å². The van der Waals surface area contributed by atoms with Crippen LogP contribution in [0.1, 0.15) is 21.5 Å². The van der Waals surface area contributed by atoms with Gasteiger partial charge in [0.05, 0.1) is 17.7 Å². The third kappa shape index (κ3) is 5.92. The number of ether oxygens (including phenoxy) is 2. The number of carbonyl (C=O) groups excluding carboxylic acids is 1. The summed E-state index contributed by atoms with van der Waals surface area (Å²) in [6.07, 6.45) is 0. The third-order valence-corrected chi connectivity index (χ3v) is 4.96. The number of amides is 1. The fourth-order valence-electron chi connectivity index (χ4n) is 2.99. The van der Waals surface area contributed by atoms with Crippen LogP contribution < -0.4 is 20.1 Å². The molecule has 0 aliphatic rings. The number of carbonyl (C=O) groups is 2. The van der Waals surface area contributed by atoms with E-state index in [1.807, 2.05) is 43.3 Å². The van der Waals surface area contributed by atoms with Gasteiger partial charge in [0, 0.05) is 23.5 Å². The van der Waals surface area contributed by atoms with Crippen LogP contribution in [0.3, 0.4) is 0 Å². The van der Waals surface area contributed by atoms with Gasteiger partial charge < -0.3 is 25.2 Å². The number of anilines is 2.